The number of benzene rings is 1. The van der Waals surface area contributed by atoms with E-state index in [2.05, 4.69) is 0 Å². The zero-order valence-corrected chi connectivity index (χ0v) is 11.2. The second-order valence-corrected chi connectivity index (χ2v) is 4.48. The van der Waals surface area contributed by atoms with Crippen molar-refractivity contribution < 1.29 is 19.8 Å². The lowest BCUT2D eigenvalue weighted by Crippen LogP contribution is -2.41. The van der Waals surface area contributed by atoms with Crippen LogP contribution in [0.2, 0.25) is 0 Å². The van der Waals surface area contributed by atoms with Gasteiger partial charge in [-0.25, -0.2) is 4.79 Å². The number of nitrogens with zero attached hydrogens (tertiary/aromatic N) is 2. The van der Waals surface area contributed by atoms with E-state index in [4.69, 9.17) is 5.11 Å². The van der Waals surface area contributed by atoms with Crippen molar-refractivity contribution in [2.24, 2.45) is 5.92 Å². The maximum atomic E-state index is 12.1. The van der Waals surface area contributed by atoms with E-state index in [1.807, 2.05) is 0 Å². The molecule has 0 aromatic heterocycles. The number of phenols is 1. The second-order valence-electron chi connectivity index (χ2n) is 4.48. The fourth-order valence-electron chi connectivity index (χ4n) is 1.64. The summed E-state index contributed by atoms with van der Waals surface area (Å²) >= 11 is 0. The molecule has 0 aliphatic heterocycles. The molecule has 6 heteroatoms. The molecule has 1 aromatic rings. The Labute approximate surface area is 111 Å². The number of aromatic hydroxyl groups is 1. The first-order valence-electron chi connectivity index (χ1n) is 5.83. The number of urea groups is 1. The zero-order chi connectivity index (χ0) is 14.6. The molecule has 6 nitrogen and oxygen atoms in total. The third-order valence-electron chi connectivity index (χ3n) is 2.80. The lowest BCUT2D eigenvalue weighted by atomic mass is 10.2. The Bertz CT molecular complexity index is 475. The standard InChI is InChI=1S/C13H18N2O4/c1-9(12(17)18)8-14(2)13(19)15(3)10-5-4-6-11(16)7-10/h4-7,9,16H,8H2,1-3H3,(H,17,18). The second kappa shape index (κ2) is 6.08. The van der Waals surface area contributed by atoms with Gasteiger partial charge in [-0.2, -0.15) is 0 Å². The molecule has 0 heterocycles. The summed E-state index contributed by atoms with van der Waals surface area (Å²) in [5.74, 6) is -1.51. The number of carboxylic acids is 1. The van der Waals surface area contributed by atoms with Crippen LogP contribution in [0.15, 0.2) is 24.3 Å². The van der Waals surface area contributed by atoms with Gasteiger partial charge in [0, 0.05) is 32.4 Å². The highest BCUT2D eigenvalue weighted by Gasteiger charge is 2.20. The molecule has 104 valence electrons. The average Bonchev–Trinajstić information content (AvgIpc) is 2.36. The summed E-state index contributed by atoms with van der Waals surface area (Å²) < 4.78 is 0. The maximum absolute atomic E-state index is 12.1. The normalized spacial score (nSPS) is 11.7. The number of anilines is 1. The molecule has 0 spiro atoms. The molecular weight excluding hydrogens is 248 g/mol. The van der Waals surface area contributed by atoms with E-state index in [0.29, 0.717) is 5.69 Å². The first-order chi connectivity index (χ1) is 8.82. The van der Waals surface area contributed by atoms with Crippen molar-refractivity contribution in [1.29, 1.82) is 0 Å². The number of carbonyl (C=O) groups is 2. The number of hydrogen-bond donors (Lipinski definition) is 2. The third kappa shape index (κ3) is 3.87. The third-order valence-corrected chi connectivity index (χ3v) is 2.80. The Kier molecular flexibility index (Phi) is 4.74. The Morgan fingerprint density at radius 2 is 1.95 bits per heavy atom. The van der Waals surface area contributed by atoms with Crippen molar-refractivity contribution in [2.75, 3.05) is 25.5 Å². The van der Waals surface area contributed by atoms with Crippen molar-refractivity contribution in [1.82, 2.24) is 4.90 Å². The average molecular weight is 266 g/mol. The van der Waals surface area contributed by atoms with Crippen molar-refractivity contribution in [3.8, 4) is 5.75 Å². The molecule has 0 bridgehead atoms. The van der Waals surface area contributed by atoms with Crippen LogP contribution in [-0.4, -0.2) is 47.8 Å². The molecule has 1 unspecified atom stereocenters. The van der Waals surface area contributed by atoms with E-state index in [1.165, 1.54) is 21.9 Å². The van der Waals surface area contributed by atoms with Gasteiger partial charge in [-0.3, -0.25) is 9.69 Å². The van der Waals surface area contributed by atoms with Crippen LogP contribution < -0.4 is 4.90 Å². The topological polar surface area (TPSA) is 81.1 Å². The van der Waals surface area contributed by atoms with Crippen LogP contribution >= 0.6 is 0 Å². The van der Waals surface area contributed by atoms with Crippen molar-refractivity contribution >= 4 is 17.7 Å². The molecule has 0 radical (unpaired) electrons. The van der Waals surface area contributed by atoms with Gasteiger partial charge < -0.3 is 15.1 Å². The van der Waals surface area contributed by atoms with Gasteiger partial charge in [0.05, 0.1) is 5.92 Å². The molecule has 0 fully saturated rings. The van der Waals surface area contributed by atoms with Crippen molar-refractivity contribution in [2.45, 2.75) is 6.92 Å². The van der Waals surface area contributed by atoms with Crippen molar-refractivity contribution in [3.05, 3.63) is 24.3 Å². The number of amides is 2. The summed E-state index contributed by atoms with van der Waals surface area (Å²) in [6.45, 7) is 1.66. The molecule has 1 atom stereocenters. The molecule has 0 aliphatic rings. The minimum atomic E-state index is -0.945. The van der Waals surface area contributed by atoms with E-state index in [-0.39, 0.29) is 18.3 Å². The van der Waals surface area contributed by atoms with Gasteiger partial charge in [0.15, 0.2) is 0 Å². The summed E-state index contributed by atoms with van der Waals surface area (Å²) in [7, 11) is 3.11. The van der Waals surface area contributed by atoms with Crippen LogP contribution in [0.4, 0.5) is 10.5 Å². The summed E-state index contributed by atoms with van der Waals surface area (Å²) in [4.78, 5) is 25.5. The lowest BCUT2D eigenvalue weighted by molar-refractivity contribution is -0.141. The Morgan fingerprint density at radius 3 is 2.47 bits per heavy atom. The van der Waals surface area contributed by atoms with Crippen LogP contribution in [0.1, 0.15) is 6.92 Å². The number of hydrogen-bond acceptors (Lipinski definition) is 3. The number of carboxylic acid groups (broad SMARTS) is 1. The molecule has 0 saturated carbocycles. The van der Waals surface area contributed by atoms with E-state index in [1.54, 1.807) is 33.2 Å². The van der Waals surface area contributed by atoms with E-state index >= 15 is 0 Å². The number of phenolic OH excluding ortho intramolecular Hbond substituents is 1. The molecule has 2 amide bonds. The molecule has 0 saturated heterocycles. The van der Waals surface area contributed by atoms with Crippen LogP contribution in [-0.2, 0) is 4.79 Å². The fourth-order valence-corrected chi connectivity index (χ4v) is 1.64. The molecule has 1 aromatic carbocycles. The zero-order valence-electron chi connectivity index (χ0n) is 11.2. The van der Waals surface area contributed by atoms with Crippen LogP contribution in [0.5, 0.6) is 5.75 Å². The van der Waals surface area contributed by atoms with Crippen LogP contribution in [0.3, 0.4) is 0 Å². The van der Waals surface area contributed by atoms with Gasteiger partial charge in [-0.1, -0.05) is 13.0 Å². The predicted octanol–water partition coefficient (Wildman–Crippen LogP) is 1.60. The molecule has 0 aliphatic carbocycles. The van der Waals surface area contributed by atoms with Gasteiger partial charge in [-0.05, 0) is 12.1 Å². The summed E-state index contributed by atoms with van der Waals surface area (Å²) in [6.07, 6.45) is 0. The number of carbonyl (C=O) groups excluding carboxylic acids is 1. The molecule has 19 heavy (non-hydrogen) atoms. The van der Waals surface area contributed by atoms with Crippen molar-refractivity contribution in [3.63, 3.8) is 0 Å². The smallest absolute Gasteiger partial charge is 0.323 e. The predicted molar refractivity (Wildman–Crippen MR) is 71.3 cm³/mol. The molecular formula is C13H18N2O4. The van der Waals surface area contributed by atoms with Gasteiger partial charge in [0.1, 0.15) is 5.75 Å². The largest absolute Gasteiger partial charge is 0.508 e. The fraction of sp³-hybridized carbons (Fsp3) is 0.385. The highest BCUT2D eigenvalue weighted by atomic mass is 16.4. The lowest BCUT2D eigenvalue weighted by Gasteiger charge is -2.26. The van der Waals surface area contributed by atoms with Gasteiger partial charge in [0.2, 0.25) is 0 Å². The summed E-state index contributed by atoms with van der Waals surface area (Å²) in [5.41, 5.74) is 0.542. The molecule has 1 rings (SSSR count). The minimum absolute atomic E-state index is 0.0682. The monoisotopic (exact) mass is 266 g/mol. The maximum Gasteiger partial charge on any atom is 0.323 e. The Morgan fingerprint density at radius 1 is 1.32 bits per heavy atom. The van der Waals surface area contributed by atoms with Gasteiger partial charge in [-0.15, -0.1) is 0 Å². The Balaban J connectivity index is 2.74. The number of aliphatic carboxylic acids is 1. The molecule has 2 N–H and O–H groups in total. The van der Waals surface area contributed by atoms with Crippen LogP contribution in [0, 0.1) is 5.92 Å². The number of rotatable bonds is 4. The highest BCUT2D eigenvalue weighted by molar-refractivity contribution is 5.91. The first kappa shape index (κ1) is 14.8. The first-order valence-corrected chi connectivity index (χ1v) is 5.83. The van der Waals surface area contributed by atoms with Gasteiger partial charge in [0.25, 0.3) is 0 Å². The highest BCUT2D eigenvalue weighted by Crippen LogP contribution is 2.19. The Hall–Kier alpha value is -2.24. The van der Waals surface area contributed by atoms with E-state index in [9.17, 15) is 14.7 Å². The quantitative estimate of drug-likeness (QED) is 0.867. The summed E-state index contributed by atoms with van der Waals surface area (Å²) in [5, 5.41) is 18.2. The van der Waals surface area contributed by atoms with E-state index < -0.39 is 11.9 Å². The summed E-state index contributed by atoms with van der Waals surface area (Å²) in [6, 6.07) is 5.96. The van der Waals surface area contributed by atoms with E-state index in [0.717, 1.165) is 0 Å². The minimum Gasteiger partial charge on any atom is -0.508 e. The van der Waals surface area contributed by atoms with Gasteiger partial charge >= 0.3 is 12.0 Å². The van der Waals surface area contributed by atoms with Crippen LogP contribution in [0.25, 0.3) is 0 Å². The SMILES string of the molecule is CC(CN(C)C(=O)N(C)c1cccc(O)c1)C(=O)O.